The number of pyridine rings is 1. The first-order chi connectivity index (χ1) is 11.8. The van der Waals surface area contributed by atoms with E-state index >= 15 is 0 Å². The Labute approximate surface area is 144 Å². The van der Waals surface area contributed by atoms with Crippen molar-refractivity contribution in [3.05, 3.63) is 59.8 Å². The van der Waals surface area contributed by atoms with E-state index in [1.807, 2.05) is 12.1 Å². The van der Waals surface area contributed by atoms with Crippen LogP contribution in [0.3, 0.4) is 0 Å². The number of nitriles is 1. The van der Waals surface area contributed by atoms with Crippen LogP contribution in [0.15, 0.2) is 48.7 Å². The summed E-state index contributed by atoms with van der Waals surface area (Å²) in [5, 5.41) is 8.90. The van der Waals surface area contributed by atoms with Gasteiger partial charge in [0, 0.05) is 32.4 Å². The van der Waals surface area contributed by atoms with E-state index in [9.17, 15) is 0 Å². The van der Waals surface area contributed by atoms with Crippen molar-refractivity contribution < 1.29 is 0 Å². The van der Waals surface area contributed by atoms with Crippen LogP contribution < -0.4 is 4.90 Å². The van der Waals surface area contributed by atoms with Gasteiger partial charge in [-0.15, -0.1) is 0 Å². The van der Waals surface area contributed by atoms with Gasteiger partial charge in [-0.3, -0.25) is 4.90 Å². The molecule has 0 N–H and O–H groups in total. The second-order valence-electron chi connectivity index (χ2n) is 6.43. The maximum absolute atomic E-state index is 8.90. The molecule has 1 atom stereocenters. The lowest BCUT2D eigenvalue weighted by molar-refractivity contribution is 0.317. The normalized spacial score (nSPS) is 17.6. The highest BCUT2D eigenvalue weighted by Crippen LogP contribution is 2.22. The van der Waals surface area contributed by atoms with Gasteiger partial charge in [-0.2, -0.15) is 5.26 Å². The monoisotopic (exact) mass is 320 g/mol. The lowest BCUT2D eigenvalue weighted by atomic mass is 10.1. The average Bonchev–Trinajstić information content (AvgIpc) is 3.07. The molecule has 1 aliphatic rings. The van der Waals surface area contributed by atoms with Crippen molar-refractivity contribution in [3.8, 4) is 6.07 Å². The predicted molar refractivity (Wildman–Crippen MR) is 96.7 cm³/mol. The van der Waals surface area contributed by atoms with Crippen LogP contribution in [0.5, 0.6) is 0 Å². The molecule has 1 aromatic carbocycles. The Balaban J connectivity index is 1.56. The maximum Gasteiger partial charge on any atom is 0.128 e. The average molecular weight is 320 g/mol. The van der Waals surface area contributed by atoms with Crippen molar-refractivity contribution in [2.45, 2.75) is 19.9 Å². The summed E-state index contributed by atoms with van der Waals surface area (Å²) in [7, 11) is 0. The fraction of sp³-hybridized carbons (Fsp3) is 0.400. The van der Waals surface area contributed by atoms with Gasteiger partial charge in [0.15, 0.2) is 0 Å². The molecular formula is C20H24N4. The lowest BCUT2D eigenvalue weighted by Gasteiger charge is -2.25. The van der Waals surface area contributed by atoms with Gasteiger partial charge in [-0.1, -0.05) is 30.3 Å². The van der Waals surface area contributed by atoms with Gasteiger partial charge in [0.25, 0.3) is 0 Å². The maximum atomic E-state index is 8.90. The number of hydrogen-bond donors (Lipinski definition) is 0. The fourth-order valence-corrected chi connectivity index (χ4v) is 3.38. The van der Waals surface area contributed by atoms with Crippen LogP contribution in [-0.2, 0) is 6.54 Å². The smallest absolute Gasteiger partial charge is 0.128 e. The van der Waals surface area contributed by atoms with Crippen molar-refractivity contribution in [1.29, 1.82) is 5.26 Å². The first kappa shape index (κ1) is 16.5. The Kier molecular flexibility index (Phi) is 5.45. The van der Waals surface area contributed by atoms with Crippen LogP contribution in [0, 0.1) is 17.2 Å². The number of aromatic nitrogens is 1. The van der Waals surface area contributed by atoms with Crippen LogP contribution in [0.25, 0.3) is 0 Å². The van der Waals surface area contributed by atoms with Crippen molar-refractivity contribution >= 4 is 5.82 Å². The molecule has 4 heteroatoms. The SMILES string of the molecule is CCN(CC1CCN(Cc2ccccc2)C1)c1ccc(C#N)cn1. The standard InChI is InChI=1S/C20H24N4/c1-2-24(20-9-8-18(12-21)13-22-20)16-19-10-11-23(15-19)14-17-6-4-3-5-7-17/h3-9,13,19H,2,10-11,14-16H2,1H3. The molecule has 1 saturated heterocycles. The van der Waals surface area contributed by atoms with E-state index < -0.39 is 0 Å². The third-order valence-electron chi connectivity index (χ3n) is 4.68. The minimum absolute atomic E-state index is 0.615. The summed E-state index contributed by atoms with van der Waals surface area (Å²) < 4.78 is 0. The molecule has 2 aromatic rings. The molecule has 0 amide bonds. The topological polar surface area (TPSA) is 43.2 Å². The number of rotatable bonds is 6. The summed E-state index contributed by atoms with van der Waals surface area (Å²) in [5.74, 6) is 1.64. The molecule has 0 radical (unpaired) electrons. The van der Waals surface area contributed by atoms with E-state index in [0.717, 1.165) is 38.5 Å². The molecule has 4 nitrogen and oxygen atoms in total. The first-order valence-corrected chi connectivity index (χ1v) is 8.66. The molecule has 0 spiro atoms. The molecule has 3 rings (SSSR count). The molecule has 0 saturated carbocycles. The van der Waals surface area contributed by atoms with E-state index in [2.05, 4.69) is 58.1 Å². The molecule has 0 aliphatic carbocycles. The Morgan fingerprint density at radius 3 is 2.75 bits per heavy atom. The minimum Gasteiger partial charge on any atom is -0.357 e. The summed E-state index contributed by atoms with van der Waals surface area (Å²) >= 11 is 0. The zero-order chi connectivity index (χ0) is 16.8. The summed E-state index contributed by atoms with van der Waals surface area (Å²) in [5.41, 5.74) is 2.00. The Morgan fingerprint density at radius 1 is 1.25 bits per heavy atom. The van der Waals surface area contributed by atoms with Gasteiger partial charge in [-0.05, 0) is 43.5 Å². The third-order valence-corrected chi connectivity index (χ3v) is 4.68. The molecule has 1 fully saturated rings. The van der Waals surface area contributed by atoms with E-state index in [0.29, 0.717) is 11.5 Å². The lowest BCUT2D eigenvalue weighted by Crippen LogP contribution is -2.31. The van der Waals surface area contributed by atoms with Gasteiger partial charge in [0.05, 0.1) is 5.56 Å². The van der Waals surface area contributed by atoms with Gasteiger partial charge in [-0.25, -0.2) is 4.98 Å². The zero-order valence-electron chi connectivity index (χ0n) is 14.2. The molecule has 0 bridgehead atoms. The van der Waals surface area contributed by atoms with Crippen molar-refractivity contribution in [2.24, 2.45) is 5.92 Å². The van der Waals surface area contributed by atoms with Crippen LogP contribution in [0.4, 0.5) is 5.82 Å². The molecular weight excluding hydrogens is 296 g/mol. The molecule has 1 aromatic heterocycles. The number of likely N-dealkylation sites (tertiary alicyclic amines) is 1. The third kappa shape index (κ3) is 4.12. The highest BCUT2D eigenvalue weighted by molar-refractivity contribution is 5.41. The number of nitrogens with zero attached hydrogens (tertiary/aromatic N) is 4. The van der Waals surface area contributed by atoms with Crippen LogP contribution in [0.2, 0.25) is 0 Å². The molecule has 1 unspecified atom stereocenters. The van der Waals surface area contributed by atoms with Gasteiger partial charge in [0.1, 0.15) is 11.9 Å². The van der Waals surface area contributed by atoms with E-state index in [1.54, 1.807) is 6.20 Å². The second kappa shape index (κ2) is 7.94. The number of anilines is 1. The fourth-order valence-electron chi connectivity index (χ4n) is 3.38. The zero-order valence-corrected chi connectivity index (χ0v) is 14.2. The van der Waals surface area contributed by atoms with Crippen LogP contribution >= 0.6 is 0 Å². The first-order valence-electron chi connectivity index (χ1n) is 8.66. The van der Waals surface area contributed by atoms with Crippen molar-refractivity contribution in [3.63, 3.8) is 0 Å². The van der Waals surface area contributed by atoms with Gasteiger partial charge in [0.2, 0.25) is 0 Å². The summed E-state index contributed by atoms with van der Waals surface area (Å²) in [6.07, 6.45) is 2.90. The predicted octanol–water partition coefficient (Wildman–Crippen LogP) is 3.30. The van der Waals surface area contributed by atoms with Crippen molar-refractivity contribution in [1.82, 2.24) is 9.88 Å². The largest absolute Gasteiger partial charge is 0.357 e. The molecule has 2 heterocycles. The second-order valence-corrected chi connectivity index (χ2v) is 6.43. The molecule has 1 aliphatic heterocycles. The van der Waals surface area contributed by atoms with Gasteiger partial charge < -0.3 is 4.90 Å². The minimum atomic E-state index is 0.615. The summed E-state index contributed by atoms with van der Waals surface area (Å²) in [6, 6.07) is 16.6. The Morgan fingerprint density at radius 2 is 2.08 bits per heavy atom. The van der Waals surface area contributed by atoms with Crippen LogP contribution in [-0.4, -0.2) is 36.1 Å². The number of hydrogen-bond acceptors (Lipinski definition) is 4. The number of benzene rings is 1. The molecule has 124 valence electrons. The summed E-state index contributed by atoms with van der Waals surface area (Å²) in [6.45, 7) is 7.48. The van der Waals surface area contributed by atoms with Crippen molar-refractivity contribution in [2.75, 3.05) is 31.1 Å². The summed E-state index contributed by atoms with van der Waals surface area (Å²) in [4.78, 5) is 9.30. The highest BCUT2D eigenvalue weighted by atomic mass is 15.2. The molecule has 24 heavy (non-hydrogen) atoms. The quantitative estimate of drug-likeness (QED) is 0.819. The van der Waals surface area contributed by atoms with Crippen LogP contribution in [0.1, 0.15) is 24.5 Å². The van der Waals surface area contributed by atoms with Gasteiger partial charge >= 0.3 is 0 Å². The Bertz CT molecular complexity index is 675. The van der Waals surface area contributed by atoms with E-state index in [1.165, 1.54) is 12.0 Å². The van der Waals surface area contributed by atoms with E-state index in [-0.39, 0.29) is 0 Å². The highest BCUT2D eigenvalue weighted by Gasteiger charge is 2.24. The Hall–Kier alpha value is -2.38. The van der Waals surface area contributed by atoms with E-state index in [4.69, 9.17) is 5.26 Å².